The molecular formula is C21H21ClF2N6. The van der Waals surface area contributed by atoms with Gasteiger partial charge in [0.1, 0.15) is 11.7 Å². The van der Waals surface area contributed by atoms with Gasteiger partial charge in [0.15, 0.2) is 5.84 Å². The summed E-state index contributed by atoms with van der Waals surface area (Å²) in [5.41, 5.74) is 4.42. The van der Waals surface area contributed by atoms with Crippen molar-refractivity contribution in [3.8, 4) is 11.4 Å². The Morgan fingerprint density at radius 3 is 2.60 bits per heavy atom. The zero-order valence-electron chi connectivity index (χ0n) is 16.6. The molecule has 1 aliphatic heterocycles. The number of nitrogens with zero attached hydrogens (tertiary/aromatic N) is 4. The van der Waals surface area contributed by atoms with Crippen LogP contribution in [0.1, 0.15) is 5.56 Å². The van der Waals surface area contributed by atoms with Gasteiger partial charge in [-0.05, 0) is 36.8 Å². The number of hydrogen-bond acceptors (Lipinski definition) is 4. The smallest absolute Gasteiger partial charge is 0.295 e. The summed E-state index contributed by atoms with van der Waals surface area (Å²) in [7, 11) is 1.94. The van der Waals surface area contributed by atoms with Crippen LogP contribution in [0, 0.1) is 17.7 Å². The Morgan fingerprint density at radius 2 is 1.93 bits per heavy atom. The van der Waals surface area contributed by atoms with Crippen molar-refractivity contribution in [2.75, 3.05) is 24.5 Å². The molecule has 0 amide bonds. The molecule has 4 rings (SSSR count). The monoisotopic (exact) mass is 430 g/mol. The van der Waals surface area contributed by atoms with Crippen LogP contribution >= 0.6 is 11.6 Å². The maximum absolute atomic E-state index is 12.9. The van der Waals surface area contributed by atoms with E-state index in [4.69, 9.17) is 27.4 Å². The van der Waals surface area contributed by atoms with Gasteiger partial charge in [-0.25, -0.2) is 13.8 Å². The topological polar surface area (TPSA) is 72.0 Å². The van der Waals surface area contributed by atoms with Crippen molar-refractivity contribution in [3.05, 3.63) is 47.0 Å². The summed E-state index contributed by atoms with van der Waals surface area (Å²) in [4.78, 5) is 7.75. The highest BCUT2D eigenvalue weighted by molar-refractivity contribution is 6.33. The van der Waals surface area contributed by atoms with Gasteiger partial charge in [0, 0.05) is 31.4 Å². The summed E-state index contributed by atoms with van der Waals surface area (Å²) in [5.74, 6) is -0.117. The third-order valence-electron chi connectivity index (χ3n) is 5.41. The number of imidazole rings is 1. The van der Waals surface area contributed by atoms with Crippen LogP contribution in [-0.2, 0) is 7.05 Å². The van der Waals surface area contributed by atoms with Crippen molar-refractivity contribution in [2.24, 2.45) is 7.05 Å². The normalized spacial score (nSPS) is 14.8. The molecule has 6 nitrogen and oxygen atoms in total. The maximum atomic E-state index is 12.9. The molecule has 156 valence electrons. The fraction of sp³-hybridized carbons (Fsp3) is 0.286. The lowest BCUT2D eigenvalue weighted by atomic mass is 10.1. The highest BCUT2D eigenvalue weighted by Gasteiger charge is 2.29. The van der Waals surface area contributed by atoms with Crippen LogP contribution < -0.4 is 4.90 Å². The van der Waals surface area contributed by atoms with Crippen molar-refractivity contribution in [2.45, 2.75) is 13.3 Å². The van der Waals surface area contributed by atoms with Crippen molar-refractivity contribution in [1.29, 1.82) is 10.8 Å². The van der Waals surface area contributed by atoms with Gasteiger partial charge in [0.2, 0.25) is 0 Å². The van der Waals surface area contributed by atoms with Crippen LogP contribution in [0.3, 0.4) is 0 Å². The van der Waals surface area contributed by atoms with Crippen LogP contribution in [-0.4, -0.2) is 52.2 Å². The highest BCUT2D eigenvalue weighted by Crippen LogP contribution is 2.35. The summed E-state index contributed by atoms with van der Waals surface area (Å²) in [6.07, 6.45) is -2.89. The minimum atomic E-state index is -2.89. The van der Waals surface area contributed by atoms with E-state index in [1.54, 1.807) is 0 Å². The van der Waals surface area contributed by atoms with E-state index >= 15 is 0 Å². The van der Waals surface area contributed by atoms with E-state index < -0.39 is 12.3 Å². The molecule has 0 bridgehead atoms. The molecule has 1 fully saturated rings. The van der Waals surface area contributed by atoms with Crippen LogP contribution in [0.4, 0.5) is 14.5 Å². The number of fused-ring (bicyclic) bond motifs is 1. The molecule has 0 unspecified atom stereocenters. The lowest BCUT2D eigenvalue weighted by molar-refractivity contribution is 0.209. The molecule has 2 aromatic carbocycles. The fourth-order valence-corrected chi connectivity index (χ4v) is 4.15. The second-order valence-corrected chi connectivity index (χ2v) is 7.71. The van der Waals surface area contributed by atoms with E-state index in [1.807, 2.05) is 59.8 Å². The van der Waals surface area contributed by atoms with E-state index in [1.165, 1.54) is 0 Å². The molecule has 9 heteroatoms. The average Bonchev–Trinajstić information content (AvgIpc) is 3.04. The number of amidine groups is 2. The number of aryl methyl sites for hydroxylation is 2. The second kappa shape index (κ2) is 7.68. The van der Waals surface area contributed by atoms with Gasteiger partial charge in [0.25, 0.3) is 6.43 Å². The van der Waals surface area contributed by atoms with Crippen molar-refractivity contribution in [1.82, 2.24) is 14.5 Å². The fourth-order valence-electron chi connectivity index (χ4n) is 3.85. The molecule has 2 N–H and O–H groups in total. The van der Waals surface area contributed by atoms with Gasteiger partial charge in [-0.1, -0.05) is 23.7 Å². The first-order chi connectivity index (χ1) is 14.3. The van der Waals surface area contributed by atoms with Crippen LogP contribution in [0.15, 0.2) is 36.4 Å². The summed E-state index contributed by atoms with van der Waals surface area (Å²) >= 11 is 6.57. The number of rotatable bonds is 3. The van der Waals surface area contributed by atoms with Crippen LogP contribution in [0.2, 0.25) is 5.02 Å². The van der Waals surface area contributed by atoms with Gasteiger partial charge in [-0.15, -0.1) is 0 Å². The van der Waals surface area contributed by atoms with E-state index in [9.17, 15) is 8.78 Å². The Bertz CT molecular complexity index is 1160. The van der Waals surface area contributed by atoms with Gasteiger partial charge in [-0.2, -0.15) is 0 Å². The number of alkyl halides is 2. The SMILES string of the molecule is Cc1cc(Cl)c(-c2nc3ccccc3n2C)cc1N1CCN(C(=N)C(F)F)C(=N)C1. The Labute approximate surface area is 177 Å². The number of nitrogens with one attached hydrogen (secondary N) is 2. The maximum Gasteiger partial charge on any atom is 0.295 e. The molecule has 0 atom stereocenters. The molecule has 1 saturated heterocycles. The summed E-state index contributed by atoms with van der Waals surface area (Å²) in [5, 5.41) is 16.2. The predicted octanol–water partition coefficient (Wildman–Crippen LogP) is 4.54. The first-order valence-electron chi connectivity index (χ1n) is 9.46. The zero-order valence-corrected chi connectivity index (χ0v) is 17.3. The Kier molecular flexibility index (Phi) is 5.19. The highest BCUT2D eigenvalue weighted by atomic mass is 35.5. The molecule has 3 aromatic rings. The summed E-state index contributed by atoms with van der Waals surface area (Å²) < 4.78 is 27.7. The summed E-state index contributed by atoms with van der Waals surface area (Å²) in [6, 6.07) is 11.6. The van der Waals surface area contributed by atoms with E-state index in [0.29, 0.717) is 11.6 Å². The van der Waals surface area contributed by atoms with Gasteiger partial charge in [0.05, 0.1) is 22.6 Å². The zero-order chi connectivity index (χ0) is 21.6. The first-order valence-corrected chi connectivity index (χ1v) is 9.84. The first kappa shape index (κ1) is 20.3. The molecule has 2 heterocycles. The molecule has 0 spiro atoms. The minimum absolute atomic E-state index is 0.0230. The number of halogens is 3. The third-order valence-corrected chi connectivity index (χ3v) is 5.72. The van der Waals surface area contributed by atoms with Gasteiger partial charge >= 0.3 is 0 Å². The number of hydrogen-bond donors (Lipinski definition) is 2. The Morgan fingerprint density at radius 1 is 1.20 bits per heavy atom. The number of anilines is 1. The quantitative estimate of drug-likeness (QED) is 0.473. The predicted molar refractivity (Wildman–Crippen MR) is 116 cm³/mol. The number of para-hydroxylation sites is 2. The molecule has 1 aromatic heterocycles. The lowest BCUT2D eigenvalue weighted by Gasteiger charge is -2.38. The summed E-state index contributed by atoms with van der Waals surface area (Å²) in [6.45, 7) is 2.64. The Hall–Kier alpha value is -3.00. The van der Waals surface area contributed by atoms with Crippen molar-refractivity contribution < 1.29 is 8.78 Å². The minimum Gasteiger partial charge on any atom is -0.362 e. The largest absolute Gasteiger partial charge is 0.362 e. The number of aromatic nitrogens is 2. The standard InChI is InChI=1S/C21H21ClF2N6/c1-12-9-14(22)13(21-27-15-5-3-4-6-16(15)28(21)2)10-17(12)29-7-8-30(18(25)11-29)20(26)19(23)24/h3-6,9-10,19,25-26H,7-8,11H2,1-2H3. The van der Waals surface area contributed by atoms with Gasteiger partial charge < -0.3 is 14.4 Å². The van der Waals surface area contributed by atoms with Gasteiger partial charge in [-0.3, -0.25) is 10.8 Å². The van der Waals surface area contributed by atoms with E-state index in [-0.39, 0.29) is 18.9 Å². The molecule has 1 aliphatic rings. The van der Waals surface area contributed by atoms with E-state index in [0.717, 1.165) is 38.6 Å². The third kappa shape index (κ3) is 3.41. The molecule has 0 aliphatic carbocycles. The molecule has 0 saturated carbocycles. The van der Waals surface area contributed by atoms with Crippen LogP contribution in [0.5, 0.6) is 0 Å². The van der Waals surface area contributed by atoms with Crippen LogP contribution in [0.25, 0.3) is 22.4 Å². The molecule has 0 radical (unpaired) electrons. The second-order valence-electron chi connectivity index (χ2n) is 7.31. The molecule has 30 heavy (non-hydrogen) atoms. The lowest BCUT2D eigenvalue weighted by Crippen LogP contribution is -2.53. The van der Waals surface area contributed by atoms with Crippen molar-refractivity contribution >= 4 is 40.0 Å². The molecular weight excluding hydrogens is 410 g/mol. The Balaban J connectivity index is 1.70. The van der Waals surface area contributed by atoms with Crippen molar-refractivity contribution in [3.63, 3.8) is 0 Å². The average molecular weight is 431 g/mol. The number of piperazine rings is 1. The van der Waals surface area contributed by atoms with E-state index in [2.05, 4.69) is 0 Å². The number of benzene rings is 2.